The van der Waals surface area contributed by atoms with Crippen molar-refractivity contribution in [3.63, 3.8) is 0 Å². The molecule has 0 saturated heterocycles. The summed E-state index contributed by atoms with van der Waals surface area (Å²) in [7, 11) is 2.41. The predicted molar refractivity (Wildman–Crippen MR) is 200 cm³/mol. The number of rotatable bonds is 3. The third kappa shape index (κ3) is 4.01. The van der Waals surface area contributed by atoms with E-state index in [9.17, 15) is 0 Å². The monoisotopic (exact) mass is 616 g/mol. The lowest BCUT2D eigenvalue weighted by molar-refractivity contribution is 0.669. The van der Waals surface area contributed by atoms with E-state index in [1.165, 1.54) is 70.3 Å². The largest absolute Gasteiger partial charge is 0.456 e. The first-order valence-corrected chi connectivity index (χ1v) is 16.8. The molecule has 1 aromatic heterocycles. The molecule has 1 radical (unpaired) electrons. The highest BCUT2D eigenvalue weighted by Crippen LogP contribution is 2.48. The topological polar surface area (TPSA) is 25.2 Å². The van der Waals surface area contributed by atoms with E-state index in [1.54, 1.807) is 0 Å². The van der Waals surface area contributed by atoms with E-state index in [2.05, 4.69) is 147 Å². The molecule has 0 bridgehead atoms. The van der Waals surface area contributed by atoms with Crippen LogP contribution in [0.25, 0.3) is 61.0 Å². The van der Waals surface area contributed by atoms with E-state index in [0.717, 1.165) is 39.9 Å². The summed E-state index contributed by atoms with van der Waals surface area (Å²) in [6.07, 6.45) is 2.79. The van der Waals surface area contributed by atoms with Gasteiger partial charge in [0, 0.05) is 26.1 Å². The van der Waals surface area contributed by atoms with Gasteiger partial charge in [0.25, 0.3) is 0 Å². The van der Waals surface area contributed by atoms with Crippen molar-refractivity contribution >= 4 is 80.1 Å². The van der Waals surface area contributed by atoms with Gasteiger partial charge in [-0.3, -0.25) is 0 Å². The van der Waals surface area contributed by atoms with Gasteiger partial charge < -0.3 is 9.73 Å². The van der Waals surface area contributed by atoms with E-state index in [4.69, 9.17) is 4.42 Å². The molecule has 0 atom stereocenters. The van der Waals surface area contributed by atoms with Crippen LogP contribution in [0.15, 0.2) is 148 Å². The van der Waals surface area contributed by atoms with Gasteiger partial charge in [0.1, 0.15) is 11.2 Å². The molecular weight excluding hydrogens is 589 g/mol. The normalized spacial score (nSPS) is 12.9. The predicted octanol–water partition coefficient (Wildman–Crippen LogP) is 10.5. The number of benzene rings is 7. The Kier molecular flexibility index (Phi) is 5.85. The van der Waals surface area contributed by atoms with E-state index in [0.29, 0.717) is 0 Å². The van der Waals surface area contributed by atoms with Crippen molar-refractivity contribution in [2.24, 2.45) is 0 Å². The summed E-state index contributed by atoms with van der Waals surface area (Å²) in [4.78, 5) is 2.47. The van der Waals surface area contributed by atoms with E-state index in [1.807, 2.05) is 17.8 Å². The van der Waals surface area contributed by atoms with Crippen molar-refractivity contribution in [2.75, 3.05) is 5.32 Å². The Balaban J connectivity index is 1.23. The second kappa shape index (κ2) is 10.3. The summed E-state index contributed by atoms with van der Waals surface area (Å²) in [6, 6.07) is 45.7. The quantitative estimate of drug-likeness (QED) is 0.200. The maximum Gasteiger partial charge on any atom is 0.193 e. The molecule has 0 amide bonds. The van der Waals surface area contributed by atoms with Crippen LogP contribution >= 0.6 is 11.8 Å². The zero-order valence-electron chi connectivity index (χ0n) is 25.5. The molecule has 1 N–H and O–H groups in total. The minimum absolute atomic E-state index is 0.797. The molecule has 2 aliphatic rings. The molecule has 2 nitrogen and oxygen atoms in total. The Hall–Kier alpha value is -5.45. The van der Waals surface area contributed by atoms with Crippen LogP contribution in [0.1, 0.15) is 16.7 Å². The minimum atomic E-state index is 0.797. The van der Waals surface area contributed by atoms with E-state index < -0.39 is 0 Å². The first-order chi connectivity index (χ1) is 23.2. The molecule has 0 spiro atoms. The van der Waals surface area contributed by atoms with Crippen molar-refractivity contribution in [1.82, 2.24) is 0 Å². The maximum absolute atomic E-state index is 6.63. The second-order valence-corrected chi connectivity index (χ2v) is 13.4. The Morgan fingerprint density at radius 1 is 0.681 bits per heavy atom. The summed E-state index contributed by atoms with van der Waals surface area (Å²) >= 11 is 1.82. The van der Waals surface area contributed by atoms with E-state index >= 15 is 0 Å². The standard InChI is InChI=1S/C43H27BNOS/c1-2-25-21-22-26-11-3-4-12-27(26)40(25)28-14-9-16-34-31(28)23-33-41-30-13-5-7-18-36(30)46-37(41)24-32(42(33)44-34)29-15-10-20-39-43(29)45-35-17-6-8-19-38(35)47-39/h2-22,24,45H,1,23H2. The number of hydrogen-bond donors (Lipinski definition) is 1. The summed E-state index contributed by atoms with van der Waals surface area (Å²) in [5, 5.41) is 8.64. The van der Waals surface area contributed by atoms with Gasteiger partial charge in [-0.2, -0.15) is 0 Å². The van der Waals surface area contributed by atoms with Gasteiger partial charge in [-0.05, 0) is 80.9 Å². The van der Waals surface area contributed by atoms with Gasteiger partial charge in [0.2, 0.25) is 0 Å². The summed E-state index contributed by atoms with van der Waals surface area (Å²) < 4.78 is 6.63. The lowest BCUT2D eigenvalue weighted by Crippen LogP contribution is -2.39. The highest BCUT2D eigenvalue weighted by Gasteiger charge is 2.29. The third-order valence-corrected chi connectivity index (χ3v) is 11.0. The van der Waals surface area contributed by atoms with E-state index in [-0.39, 0.29) is 0 Å². The Morgan fingerprint density at radius 2 is 1.47 bits per heavy atom. The van der Waals surface area contributed by atoms with Crippen molar-refractivity contribution in [3.8, 4) is 22.3 Å². The fourth-order valence-corrected chi connectivity index (χ4v) is 8.72. The molecule has 0 saturated carbocycles. The SMILES string of the molecule is C=Cc1ccc2ccccc2c1-c1cccc2c1Cc1c(c(-c3cccc4c3Nc3ccccc3S4)cc3oc4ccccc4c13)[B]2. The number of hydrogen-bond acceptors (Lipinski definition) is 3. The molecule has 2 aliphatic heterocycles. The Labute approximate surface area is 278 Å². The van der Waals surface area contributed by atoms with Crippen LogP contribution in [-0.4, -0.2) is 7.28 Å². The van der Waals surface area contributed by atoms with Gasteiger partial charge in [0.05, 0.1) is 11.4 Å². The number of nitrogens with one attached hydrogen (secondary N) is 1. The van der Waals surface area contributed by atoms with Crippen molar-refractivity contribution in [2.45, 2.75) is 16.2 Å². The number of fused-ring (bicyclic) bond motifs is 9. The van der Waals surface area contributed by atoms with Crippen LogP contribution in [0.5, 0.6) is 0 Å². The number of anilines is 2. The van der Waals surface area contributed by atoms with Gasteiger partial charge in [-0.15, -0.1) is 0 Å². The van der Waals surface area contributed by atoms with Crippen LogP contribution in [0.4, 0.5) is 11.4 Å². The first kappa shape index (κ1) is 26.7. The van der Waals surface area contributed by atoms with Crippen LogP contribution in [0, 0.1) is 0 Å². The first-order valence-electron chi connectivity index (χ1n) is 16.0. The fourth-order valence-electron chi connectivity index (χ4n) is 7.70. The molecular formula is C43H27BNOS. The molecule has 3 heterocycles. The summed E-state index contributed by atoms with van der Waals surface area (Å²) in [5.74, 6) is 0. The third-order valence-electron chi connectivity index (χ3n) is 9.81. The molecule has 8 aromatic rings. The zero-order valence-corrected chi connectivity index (χ0v) is 26.3. The highest BCUT2D eigenvalue weighted by molar-refractivity contribution is 7.99. The van der Waals surface area contributed by atoms with Crippen LogP contribution in [0.2, 0.25) is 0 Å². The zero-order chi connectivity index (χ0) is 31.1. The average Bonchev–Trinajstić information content (AvgIpc) is 3.50. The smallest absolute Gasteiger partial charge is 0.193 e. The van der Waals surface area contributed by atoms with Gasteiger partial charge >= 0.3 is 0 Å². The number of furan rings is 1. The lowest BCUT2D eigenvalue weighted by Gasteiger charge is -2.28. The van der Waals surface area contributed by atoms with Gasteiger partial charge in [-0.1, -0.05) is 132 Å². The van der Waals surface area contributed by atoms with Crippen molar-refractivity contribution in [3.05, 3.63) is 151 Å². The number of para-hydroxylation sites is 3. The summed E-state index contributed by atoms with van der Waals surface area (Å²) in [6.45, 7) is 4.21. The molecule has 10 rings (SSSR count). The molecule has 7 aromatic carbocycles. The second-order valence-electron chi connectivity index (χ2n) is 12.3. The highest BCUT2D eigenvalue weighted by atomic mass is 32.2. The minimum Gasteiger partial charge on any atom is -0.456 e. The van der Waals surface area contributed by atoms with Crippen molar-refractivity contribution < 1.29 is 4.42 Å². The molecule has 219 valence electrons. The van der Waals surface area contributed by atoms with Gasteiger partial charge in [-0.25, -0.2) is 0 Å². The maximum atomic E-state index is 6.63. The lowest BCUT2D eigenvalue weighted by atomic mass is 9.54. The van der Waals surface area contributed by atoms with Crippen LogP contribution in [-0.2, 0) is 6.42 Å². The fraction of sp³-hybridized carbons (Fsp3) is 0.0233. The summed E-state index contributed by atoms with van der Waals surface area (Å²) in [5.41, 5.74) is 15.3. The molecule has 47 heavy (non-hydrogen) atoms. The molecule has 0 fully saturated rings. The molecule has 0 aliphatic carbocycles. The Bertz CT molecular complexity index is 2620. The van der Waals surface area contributed by atoms with Crippen LogP contribution < -0.4 is 16.2 Å². The Morgan fingerprint density at radius 3 is 2.40 bits per heavy atom. The molecule has 0 unspecified atom stereocenters. The van der Waals surface area contributed by atoms with Crippen LogP contribution in [0.3, 0.4) is 0 Å². The van der Waals surface area contributed by atoms with Gasteiger partial charge in [0.15, 0.2) is 7.28 Å². The van der Waals surface area contributed by atoms with Crippen molar-refractivity contribution in [1.29, 1.82) is 0 Å². The molecule has 4 heteroatoms. The average molecular weight is 617 g/mol.